The third-order valence-electron chi connectivity index (χ3n) is 4.19. The normalized spacial score (nSPS) is 10.7. The average Bonchev–Trinajstić information content (AvgIpc) is 3.15. The van der Waals surface area contributed by atoms with Crippen molar-refractivity contribution < 1.29 is 19.1 Å². The molecule has 27 heavy (non-hydrogen) atoms. The number of rotatable bonds is 7. The molecule has 0 unspecified atom stereocenters. The van der Waals surface area contributed by atoms with Crippen LogP contribution in [0.2, 0.25) is 0 Å². The Kier molecular flexibility index (Phi) is 5.86. The van der Waals surface area contributed by atoms with E-state index < -0.39 is 0 Å². The monoisotopic (exact) mass is 366 g/mol. The van der Waals surface area contributed by atoms with Crippen molar-refractivity contribution in [1.29, 1.82) is 0 Å². The summed E-state index contributed by atoms with van der Waals surface area (Å²) in [5.41, 5.74) is 4.08. The molecule has 6 heteroatoms. The van der Waals surface area contributed by atoms with Crippen LogP contribution in [0.4, 0.5) is 0 Å². The Morgan fingerprint density at radius 2 is 1.81 bits per heavy atom. The second-order valence-electron chi connectivity index (χ2n) is 6.02. The molecular formula is C21H22N2O4. The van der Waals surface area contributed by atoms with Crippen LogP contribution in [0.5, 0.6) is 0 Å². The van der Waals surface area contributed by atoms with Gasteiger partial charge in [-0.05, 0) is 37.5 Å². The highest BCUT2D eigenvalue weighted by Gasteiger charge is 2.13. The van der Waals surface area contributed by atoms with Gasteiger partial charge >= 0.3 is 11.9 Å². The van der Waals surface area contributed by atoms with Crippen LogP contribution in [-0.4, -0.2) is 34.5 Å². The summed E-state index contributed by atoms with van der Waals surface area (Å²) in [6.45, 7) is 4.30. The predicted octanol–water partition coefficient (Wildman–Crippen LogP) is 3.67. The average molecular weight is 366 g/mol. The number of nitrogens with zero attached hydrogens (tertiary/aromatic N) is 2. The summed E-state index contributed by atoms with van der Waals surface area (Å²) in [4.78, 5) is 28.0. The van der Waals surface area contributed by atoms with E-state index in [1.165, 1.54) is 0 Å². The summed E-state index contributed by atoms with van der Waals surface area (Å²) < 4.78 is 11.9. The van der Waals surface area contributed by atoms with E-state index in [2.05, 4.69) is 4.98 Å². The Balaban J connectivity index is 1.87. The number of esters is 2. The molecule has 0 fully saturated rings. The minimum absolute atomic E-state index is 0.192. The van der Waals surface area contributed by atoms with Crippen molar-refractivity contribution in [2.75, 3.05) is 13.2 Å². The Hall–Kier alpha value is -3.15. The van der Waals surface area contributed by atoms with Crippen LogP contribution in [0.25, 0.3) is 16.8 Å². The van der Waals surface area contributed by atoms with Gasteiger partial charge in [0, 0.05) is 30.6 Å². The van der Waals surface area contributed by atoms with Crippen molar-refractivity contribution in [3.63, 3.8) is 0 Å². The van der Waals surface area contributed by atoms with E-state index in [4.69, 9.17) is 9.47 Å². The molecule has 1 aromatic carbocycles. The molecule has 2 heterocycles. The van der Waals surface area contributed by atoms with Gasteiger partial charge in [-0.1, -0.05) is 24.3 Å². The molecule has 6 nitrogen and oxygen atoms in total. The maximum atomic E-state index is 12.2. The number of hydrogen-bond donors (Lipinski definition) is 0. The highest BCUT2D eigenvalue weighted by Crippen LogP contribution is 2.26. The van der Waals surface area contributed by atoms with Gasteiger partial charge in [0.2, 0.25) is 0 Å². The van der Waals surface area contributed by atoms with Crippen molar-refractivity contribution in [2.45, 2.75) is 26.7 Å². The highest BCUT2D eigenvalue weighted by molar-refractivity contribution is 5.93. The molecule has 0 radical (unpaired) electrons. The second-order valence-corrected chi connectivity index (χ2v) is 6.02. The molecular weight excluding hydrogens is 344 g/mol. The first-order valence-electron chi connectivity index (χ1n) is 9.01. The fourth-order valence-corrected chi connectivity index (χ4v) is 2.90. The summed E-state index contributed by atoms with van der Waals surface area (Å²) >= 11 is 0. The molecule has 0 saturated carbocycles. The second kappa shape index (κ2) is 8.49. The molecule has 0 amide bonds. The third-order valence-corrected chi connectivity index (χ3v) is 4.19. The molecule has 0 spiro atoms. The Morgan fingerprint density at radius 3 is 2.52 bits per heavy atom. The first-order chi connectivity index (χ1) is 13.1. The first kappa shape index (κ1) is 18.6. The quantitative estimate of drug-likeness (QED) is 0.597. The van der Waals surface area contributed by atoms with Crippen LogP contribution >= 0.6 is 0 Å². The molecule has 0 atom stereocenters. The van der Waals surface area contributed by atoms with Crippen LogP contribution in [0.15, 0.2) is 48.9 Å². The van der Waals surface area contributed by atoms with Gasteiger partial charge in [-0.15, -0.1) is 0 Å². The minimum atomic E-state index is -0.361. The van der Waals surface area contributed by atoms with Crippen molar-refractivity contribution in [3.05, 3.63) is 60.0 Å². The van der Waals surface area contributed by atoms with E-state index in [1.807, 2.05) is 28.7 Å². The Bertz CT molecular complexity index is 944. The van der Waals surface area contributed by atoms with Crippen LogP contribution in [0.3, 0.4) is 0 Å². The largest absolute Gasteiger partial charge is 0.466 e. The van der Waals surface area contributed by atoms with Crippen LogP contribution in [0, 0.1) is 0 Å². The maximum absolute atomic E-state index is 12.2. The fraction of sp³-hybridized carbons (Fsp3) is 0.286. The van der Waals surface area contributed by atoms with E-state index in [0.29, 0.717) is 31.6 Å². The molecule has 0 saturated heterocycles. The number of ether oxygens (including phenoxy) is 2. The van der Waals surface area contributed by atoms with Gasteiger partial charge in [-0.3, -0.25) is 4.79 Å². The van der Waals surface area contributed by atoms with Crippen LogP contribution in [0.1, 0.15) is 36.2 Å². The predicted molar refractivity (Wildman–Crippen MR) is 102 cm³/mol. The van der Waals surface area contributed by atoms with Crippen LogP contribution < -0.4 is 0 Å². The zero-order valence-corrected chi connectivity index (χ0v) is 15.5. The number of pyridine rings is 1. The summed E-state index contributed by atoms with van der Waals surface area (Å²) in [5, 5.41) is 0. The number of carbonyl (C=O) groups excluding carboxylic acids is 2. The molecule has 2 aromatic heterocycles. The number of aromatic nitrogens is 2. The SMILES string of the molecule is CCOC(=O)CCc1ccc(-c2cc(C(=O)OCC)cn3ccnc23)cc1. The molecule has 140 valence electrons. The molecule has 0 aliphatic heterocycles. The highest BCUT2D eigenvalue weighted by atomic mass is 16.5. The van der Waals surface area contributed by atoms with E-state index in [1.54, 1.807) is 38.5 Å². The van der Waals surface area contributed by atoms with E-state index in [9.17, 15) is 9.59 Å². The molecule has 0 aliphatic rings. The zero-order chi connectivity index (χ0) is 19.2. The summed E-state index contributed by atoms with van der Waals surface area (Å²) in [5.74, 6) is -0.553. The number of carbonyl (C=O) groups is 2. The van der Waals surface area contributed by atoms with Crippen LogP contribution in [-0.2, 0) is 20.7 Å². The number of hydrogen-bond acceptors (Lipinski definition) is 5. The number of fused-ring (bicyclic) bond motifs is 1. The van der Waals surface area contributed by atoms with E-state index in [0.717, 1.165) is 22.3 Å². The van der Waals surface area contributed by atoms with Gasteiger partial charge in [0.05, 0.1) is 18.8 Å². The maximum Gasteiger partial charge on any atom is 0.339 e. The minimum Gasteiger partial charge on any atom is -0.466 e. The molecule has 3 aromatic rings. The Morgan fingerprint density at radius 1 is 1.07 bits per heavy atom. The fourth-order valence-electron chi connectivity index (χ4n) is 2.90. The van der Waals surface area contributed by atoms with Crippen molar-refractivity contribution in [2.24, 2.45) is 0 Å². The lowest BCUT2D eigenvalue weighted by molar-refractivity contribution is -0.143. The van der Waals surface area contributed by atoms with Gasteiger partial charge in [0.25, 0.3) is 0 Å². The van der Waals surface area contributed by atoms with Gasteiger partial charge in [-0.2, -0.15) is 0 Å². The number of aryl methyl sites for hydroxylation is 1. The van der Waals surface area contributed by atoms with Gasteiger partial charge in [0.15, 0.2) is 0 Å². The first-order valence-corrected chi connectivity index (χ1v) is 9.01. The molecule has 3 rings (SSSR count). The van der Waals surface area contributed by atoms with Gasteiger partial charge < -0.3 is 13.9 Å². The molecule has 0 N–H and O–H groups in total. The summed E-state index contributed by atoms with van der Waals surface area (Å²) in [6, 6.07) is 9.70. The number of benzene rings is 1. The van der Waals surface area contributed by atoms with Crippen molar-refractivity contribution in [1.82, 2.24) is 9.38 Å². The zero-order valence-electron chi connectivity index (χ0n) is 15.5. The summed E-state index contributed by atoms with van der Waals surface area (Å²) in [7, 11) is 0. The van der Waals surface area contributed by atoms with Gasteiger partial charge in [0.1, 0.15) is 5.65 Å². The van der Waals surface area contributed by atoms with Gasteiger partial charge in [-0.25, -0.2) is 9.78 Å². The van der Waals surface area contributed by atoms with Crippen molar-refractivity contribution >= 4 is 17.6 Å². The van der Waals surface area contributed by atoms with E-state index >= 15 is 0 Å². The van der Waals surface area contributed by atoms with E-state index in [-0.39, 0.29) is 11.9 Å². The lowest BCUT2D eigenvalue weighted by Crippen LogP contribution is -2.06. The third kappa shape index (κ3) is 4.34. The topological polar surface area (TPSA) is 69.9 Å². The summed E-state index contributed by atoms with van der Waals surface area (Å²) in [6.07, 6.45) is 6.20. The number of imidazole rings is 1. The standard InChI is InChI=1S/C21H22N2O4/c1-3-26-19(24)10-7-15-5-8-16(9-6-15)18-13-17(21(25)27-4-2)14-23-12-11-22-20(18)23/h5-6,8-9,11-14H,3-4,7,10H2,1-2H3. The molecule has 0 bridgehead atoms. The smallest absolute Gasteiger partial charge is 0.339 e. The lowest BCUT2D eigenvalue weighted by atomic mass is 10.0. The van der Waals surface area contributed by atoms with Crippen molar-refractivity contribution in [3.8, 4) is 11.1 Å². The lowest BCUT2D eigenvalue weighted by Gasteiger charge is -2.09. The molecule has 0 aliphatic carbocycles. The Labute approximate surface area is 157 Å².